The van der Waals surface area contributed by atoms with Crippen LogP contribution in [0.15, 0.2) is 21.9 Å². The fourth-order valence-electron chi connectivity index (χ4n) is 2.47. The van der Waals surface area contributed by atoms with Gasteiger partial charge < -0.3 is 18.3 Å². The van der Waals surface area contributed by atoms with Crippen LogP contribution < -0.4 is 11.2 Å². The molecular formula is C17H32N2O8P2. The minimum Gasteiger partial charge on any atom is -0.369 e. The van der Waals surface area contributed by atoms with E-state index in [0.29, 0.717) is 0 Å². The molecular weight excluding hydrogens is 422 g/mol. The highest BCUT2D eigenvalue weighted by molar-refractivity contribution is 7.73. The van der Waals surface area contributed by atoms with Gasteiger partial charge in [-0.05, 0) is 41.5 Å². The monoisotopic (exact) mass is 454 g/mol. The average Bonchev–Trinajstić information content (AvgIpc) is 2.49. The molecule has 1 rings (SSSR count). The van der Waals surface area contributed by atoms with Crippen LogP contribution in [0.25, 0.3) is 0 Å². The van der Waals surface area contributed by atoms with E-state index >= 15 is 0 Å². The Labute approximate surface area is 170 Å². The van der Waals surface area contributed by atoms with Crippen molar-refractivity contribution < 1.29 is 27.4 Å². The number of rotatable bonds is 13. The first kappa shape index (κ1) is 26.0. The van der Waals surface area contributed by atoms with Crippen molar-refractivity contribution in [2.45, 2.75) is 66.4 Å². The van der Waals surface area contributed by atoms with E-state index < -0.39 is 38.2 Å². The summed E-state index contributed by atoms with van der Waals surface area (Å²) in [7, 11) is -7.22. The first-order valence-corrected chi connectivity index (χ1v) is 13.2. The first-order chi connectivity index (χ1) is 13.3. The highest BCUT2D eigenvalue weighted by Gasteiger charge is 2.39. The van der Waals surface area contributed by atoms with Crippen molar-refractivity contribution >= 4 is 15.0 Å². The lowest BCUT2D eigenvalue weighted by molar-refractivity contribution is 0.136. The van der Waals surface area contributed by atoms with Gasteiger partial charge in [-0.25, -0.2) is 4.79 Å². The smallest absolute Gasteiger partial charge is 0.340 e. The highest BCUT2D eigenvalue weighted by atomic mass is 31.2. The van der Waals surface area contributed by atoms with Crippen LogP contribution in [-0.2, 0) is 34.0 Å². The zero-order valence-corrected chi connectivity index (χ0v) is 19.6. The van der Waals surface area contributed by atoms with Gasteiger partial charge >= 0.3 is 13.3 Å². The summed E-state index contributed by atoms with van der Waals surface area (Å²) in [5, 5.41) is 0. The molecule has 0 aliphatic heterocycles. The Morgan fingerprint density at radius 2 is 1.52 bits per heavy atom. The van der Waals surface area contributed by atoms with E-state index in [1.165, 1.54) is 16.8 Å². The van der Waals surface area contributed by atoms with E-state index in [-0.39, 0.29) is 31.7 Å². The molecule has 0 aliphatic rings. The van der Waals surface area contributed by atoms with Crippen LogP contribution in [0.3, 0.4) is 0 Å². The second-order valence-corrected chi connectivity index (χ2v) is 12.2. The molecule has 0 saturated carbocycles. The molecule has 0 radical (unpaired) electrons. The van der Waals surface area contributed by atoms with Crippen molar-refractivity contribution in [1.29, 1.82) is 0 Å². The van der Waals surface area contributed by atoms with Gasteiger partial charge in [0.25, 0.3) is 5.56 Å². The average molecular weight is 454 g/mol. The Balaban J connectivity index is 2.84. The highest BCUT2D eigenvalue weighted by Crippen LogP contribution is 2.64. The van der Waals surface area contributed by atoms with E-state index in [0.717, 1.165) is 0 Å². The SMILES string of the molecule is CC(C)OP(=O)(COCCn1ccc(=O)[nH]c1=O)CP(=O)(OC(C)C)OC(C)C. The molecule has 29 heavy (non-hydrogen) atoms. The van der Waals surface area contributed by atoms with Gasteiger partial charge in [-0.1, -0.05) is 0 Å². The van der Waals surface area contributed by atoms with Crippen molar-refractivity contribution in [3.63, 3.8) is 0 Å². The Hall–Kier alpha value is -1.02. The molecule has 10 nitrogen and oxygen atoms in total. The van der Waals surface area contributed by atoms with Crippen molar-refractivity contribution in [2.24, 2.45) is 0 Å². The molecule has 0 bridgehead atoms. The molecule has 0 saturated heterocycles. The van der Waals surface area contributed by atoms with Crippen molar-refractivity contribution in [3.05, 3.63) is 33.1 Å². The normalized spacial score (nSPS) is 14.7. The predicted molar refractivity (Wildman–Crippen MR) is 111 cm³/mol. The van der Waals surface area contributed by atoms with Crippen molar-refractivity contribution in [3.8, 4) is 0 Å². The summed E-state index contributed by atoms with van der Waals surface area (Å²) < 4.78 is 49.7. The first-order valence-electron chi connectivity index (χ1n) is 9.44. The van der Waals surface area contributed by atoms with Crippen LogP contribution in [0, 0.1) is 0 Å². The van der Waals surface area contributed by atoms with Crippen LogP contribution in [0.5, 0.6) is 0 Å². The molecule has 0 amide bonds. The quantitative estimate of drug-likeness (QED) is 0.356. The summed E-state index contributed by atoms with van der Waals surface area (Å²) in [6.07, 6.45) is -0.135. The summed E-state index contributed by atoms with van der Waals surface area (Å²) in [4.78, 5) is 24.9. The molecule has 1 N–H and O–H groups in total. The topological polar surface area (TPSA) is 126 Å². The fourth-order valence-corrected chi connectivity index (χ4v) is 8.28. The van der Waals surface area contributed by atoms with Gasteiger partial charge in [0.2, 0.25) is 7.37 Å². The number of hydrogen-bond acceptors (Lipinski definition) is 8. The van der Waals surface area contributed by atoms with Gasteiger partial charge in [0.15, 0.2) is 0 Å². The summed E-state index contributed by atoms with van der Waals surface area (Å²) in [5.41, 5.74) is -1.06. The lowest BCUT2D eigenvalue weighted by Gasteiger charge is -2.27. The third kappa shape index (κ3) is 10.0. The summed E-state index contributed by atoms with van der Waals surface area (Å²) in [5.74, 6) is -0.410. The lowest BCUT2D eigenvalue weighted by Crippen LogP contribution is -2.29. The number of H-pyrrole nitrogens is 1. The van der Waals surface area contributed by atoms with E-state index in [1.54, 1.807) is 41.5 Å². The number of aromatic amines is 1. The van der Waals surface area contributed by atoms with Crippen LogP contribution >= 0.6 is 15.0 Å². The molecule has 1 atom stereocenters. The molecule has 1 aromatic rings. The molecule has 1 aromatic heterocycles. The van der Waals surface area contributed by atoms with Crippen molar-refractivity contribution in [2.75, 3.05) is 18.9 Å². The van der Waals surface area contributed by atoms with Crippen LogP contribution in [-0.4, -0.2) is 46.7 Å². The van der Waals surface area contributed by atoms with Gasteiger partial charge in [-0.3, -0.25) is 23.5 Å². The Bertz CT molecular complexity index is 832. The minimum atomic E-state index is -3.69. The third-order valence-corrected chi connectivity index (χ3v) is 9.17. The fraction of sp³-hybridized carbons (Fsp3) is 0.765. The Kier molecular flexibility index (Phi) is 10.2. The number of nitrogens with one attached hydrogen (secondary N) is 1. The van der Waals surface area contributed by atoms with Gasteiger partial charge in [-0.2, -0.15) is 0 Å². The second-order valence-electron chi connectivity index (χ2n) is 7.37. The number of nitrogens with zero attached hydrogens (tertiary/aromatic N) is 1. The van der Waals surface area contributed by atoms with Gasteiger partial charge in [0.05, 0.1) is 31.5 Å². The standard InChI is InChI=1S/C17H32N2O8P2/c1-13(2)25-28(22,12-29(23,26-14(3)4)27-15(5)6)11-24-10-9-19-8-7-16(20)18-17(19)21/h7-8,13-15H,9-12H2,1-6H3,(H,18,20,21). The Morgan fingerprint density at radius 1 is 0.966 bits per heavy atom. The molecule has 0 fully saturated rings. The van der Waals surface area contributed by atoms with Crippen LogP contribution in [0.2, 0.25) is 0 Å². The maximum Gasteiger partial charge on any atom is 0.340 e. The second kappa shape index (κ2) is 11.4. The third-order valence-electron chi connectivity index (χ3n) is 3.20. The largest absolute Gasteiger partial charge is 0.369 e. The summed E-state index contributed by atoms with van der Waals surface area (Å²) >= 11 is 0. The molecule has 1 unspecified atom stereocenters. The molecule has 168 valence electrons. The molecule has 1 heterocycles. The summed E-state index contributed by atoms with van der Waals surface area (Å²) in [6.45, 7) is 10.4. The van der Waals surface area contributed by atoms with E-state index in [1.807, 2.05) is 0 Å². The maximum atomic E-state index is 13.3. The van der Waals surface area contributed by atoms with Gasteiger partial charge in [0.1, 0.15) is 12.3 Å². The molecule has 0 aliphatic carbocycles. The maximum absolute atomic E-state index is 13.3. The predicted octanol–water partition coefficient (Wildman–Crippen LogP) is 3.21. The Morgan fingerprint density at radius 3 is 2.00 bits per heavy atom. The molecule has 0 spiro atoms. The van der Waals surface area contributed by atoms with Crippen LogP contribution in [0.4, 0.5) is 0 Å². The number of ether oxygens (including phenoxy) is 1. The van der Waals surface area contributed by atoms with E-state index in [9.17, 15) is 18.7 Å². The van der Waals surface area contributed by atoms with Gasteiger partial charge in [-0.15, -0.1) is 0 Å². The van der Waals surface area contributed by atoms with E-state index in [2.05, 4.69) is 4.98 Å². The molecule has 12 heteroatoms. The lowest BCUT2D eigenvalue weighted by atomic mass is 10.5. The molecule has 0 aromatic carbocycles. The summed E-state index contributed by atoms with van der Waals surface area (Å²) in [6, 6.07) is 1.22. The van der Waals surface area contributed by atoms with E-state index in [4.69, 9.17) is 18.3 Å². The number of aromatic nitrogens is 2. The van der Waals surface area contributed by atoms with Crippen molar-refractivity contribution in [1.82, 2.24) is 9.55 Å². The number of hydrogen-bond donors (Lipinski definition) is 1. The minimum absolute atomic E-state index is 0.0395. The van der Waals surface area contributed by atoms with Crippen LogP contribution in [0.1, 0.15) is 41.5 Å². The van der Waals surface area contributed by atoms with Gasteiger partial charge in [0, 0.05) is 12.3 Å². The zero-order valence-electron chi connectivity index (χ0n) is 17.8. The zero-order chi connectivity index (χ0) is 22.2.